The van der Waals surface area contributed by atoms with Crippen molar-refractivity contribution >= 4 is 41.0 Å². The number of carbonyl (C=O) groups excluding carboxylic acids is 4. The number of benzene rings is 2. The van der Waals surface area contributed by atoms with Crippen molar-refractivity contribution < 1.29 is 23.9 Å². The van der Waals surface area contributed by atoms with E-state index >= 15 is 0 Å². The van der Waals surface area contributed by atoms with Gasteiger partial charge in [0.05, 0.1) is 12.1 Å². The van der Waals surface area contributed by atoms with Gasteiger partial charge in [0, 0.05) is 24.4 Å². The zero-order valence-corrected chi connectivity index (χ0v) is 17.7. The van der Waals surface area contributed by atoms with E-state index in [2.05, 4.69) is 0 Å². The quantitative estimate of drug-likeness (QED) is 0.391. The Morgan fingerprint density at radius 1 is 1.10 bits per heavy atom. The Kier molecular flexibility index (Phi) is 5.78. The highest BCUT2D eigenvalue weighted by molar-refractivity contribution is 6.31. The van der Waals surface area contributed by atoms with E-state index in [-0.39, 0.29) is 30.7 Å². The number of amides is 3. The summed E-state index contributed by atoms with van der Waals surface area (Å²) < 4.78 is 4.99. The van der Waals surface area contributed by atoms with Crippen LogP contribution in [0, 0.1) is 5.92 Å². The van der Waals surface area contributed by atoms with E-state index in [0.29, 0.717) is 16.5 Å². The van der Waals surface area contributed by atoms with E-state index in [9.17, 15) is 19.2 Å². The maximum absolute atomic E-state index is 13.2. The molecule has 2 aliphatic rings. The third-order valence-corrected chi connectivity index (χ3v) is 5.73. The molecule has 7 nitrogen and oxygen atoms in total. The molecule has 0 spiro atoms. The lowest BCUT2D eigenvalue weighted by Crippen LogP contribution is -2.45. The van der Waals surface area contributed by atoms with Gasteiger partial charge in [-0.3, -0.25) is 19.2 Å². The van der Waals surface area contributed by atoms with E-state index < -0.39 is 17.9 Å². The van der Waals surface area contributed by atoms with Crippen LogP contribution in [0.1, 0.15) is 31.7 Å². The fourth-order valence-electron chi connectivity index (χ4n) is 3.68. The highest BCUT2D eigenvalue weighted by atomic mass is 35.5. The molecule has 8 heteroatoms. The number of rotatable bonds is 6. The molecule has 0 radical (unpaired) electrons. The summed E-state index contributed by atoms with van der Waals surface area (Å²) >= 11 is 6.28. The van der Waals surface area contributed by atoms with Gasteiger partial charge in [-0.05, 0) is 48.7 Å². The minimum absolute atomic E-state index is 0.0898. The number of hydrogen-bond donors (Lipinski definition) is 0. The molecule has 2 aromatic rings. The summed E-state index contributed by atoms with van der Waals surface area (Å²) in [5, 5.41) is 0.505. The van der Waals surface area contributed by atoms with Gasteiger partial charge in [0.2, 0.25) is 11.8 Å². The first-order valence-corrected chi connectivity index (χ1v) is 10.4. The van der Waals surface area contributed by atoms with Crippen LogP contribution in [0.3, 0.4) is 0 Å². The monoisotopic (exact) mass is 440 g/mol. The molecule has 0 bridgehead atoms. The molecule has 1 heterocycles. The number of halogens is 1. The standard InChI is InChI=1S/C23H21ClN2O5/c1-14(27)31-18-10-8-17(9-11-18)26-21(28)12-20(23(26)30)25(22(29)15-6-7-15)13-16-4-2-3-5-19(16)24/h2-5,8-11,15,20H,6-7,12-13H2,1H3. The zero-order chi connectivity index (χ0) is 22.1. The first-order chi connectivity index (χ1) is 14.8. The van der Waals surface area contributed by atoms with Gasteiger partial charge in [-0.1, -0.05) is 29.8 Å². The van der Waals surface area contributed by atoms with Crippen LogP contribution in [-0.2, 0) is 25.7 Å². The fraction of sp³-hybridized carbons (Fsp3) is 0.304. The van der Waals surface area contributed by atoms with E-state index in [1.54, 1.807) is 12.1 Å². The first kappa shape index (κ1) is 21.1. The molecule has 160 valence electrons. The average Bonchev–Trinajstić information content (AvgIpc) is 3.53. The predicted octanol–water partition coefficient (Wildman–Crippen LogP) is 3.34. The third-order valence-electron chi connectivity index (χ3n) is 5.36. The van der Waals surface area contributed by atoms with Crippen LogP contribution >= 0.6 is 11.6 Å². The zero-order valence-electron chi connectivity index (χ0n) is 16.9. The van der Waals surface area contributed by atoms with Gasteiger partial charge in [0.15, 0.2) is 0 Å². The van der Waals surface area contributed by atoms with Crippen molar-refractivity contribution in [3.8, 4) is 5.75 Å². The minimum atomic E-state index is -0.884. The minimum Gasteiger partial charge on any atom is -0.427 e. The van der Waals surface area contributed by atoms with Crippen LogP contribution in [0.4, 0.5) is 5.69 Å². The van der Waals surface area contributed by atoms with Crippen LogP contribution < -0.4 is 9.64 Å². The molecular formula is C23H21ClN2O5. The van der Waals surface area contributed by atoms with Gasteiger partial charge < -0.3 is 9.64 Å². The molecule has 0 aromatic heterocycles. The Labute approximate surface area is 184 Å². The topological polar surface area (TPSA) is 84.0 Å². The second-order valence-corrected chi connectivity index (χ2v) is 8.11. The predicted molar refractivity (Wildman–Crippen MR) is 113 cm³/mol. The molecule has 1 atom stereocenters. The van der Waals surface area contributed by atoms with Crippen LogP contribution in [0.2, 0.25) is 5.02 Å². The molecule has 1 saturated carbocycles. The normalized spacial score (nSPS) is 18.3. The van der Waals surface area contributed by atoms with Gasteiger partial charge in [-0.15, -0.1) is 0 Å². The summed E-state index contributed by atoms with van der Waals surface area (Å²) in [7, 11) is 0. The molecule has 4 rings (SSSR count). The summed E-state index contributed by atoms with van der Waals surface area (Å²) in [6.45, 7) is 1.45. The van der Waals surface area contributed by atoms with E-state index in [1.165, 1.54) is 36.1 Å². The number of esters is 1. The highest BCUT2D eigenvalue weighted by Gasteiger charge is 2.47. The van der Waals surface area contributed by atoms with Gasteiger partial charge in [-0.25, -0.2) is 4.90 Å². The molecule has 1 saturated heterocycles. The Hall–Kier alpha value is -3.19. The molecule has 1 aliphatic heterocycles. The number of ether oxygens (including phenoxy) is 1. The van der Waals surface area contributed by atoms with Crippen molar-refractivity contribution in [2.24, 2.45) is 5.92 Å². The van der Waals surface area contributed by atoms with E-state index in [4.69, 9.17) is 16.3 Å². The number of carbonyl (C=O) groups is 4. The van der Waals surface area contributed by atoms with Crippen molar-refractivity contribution in [1.29, 1.82) is 0 Å². The lowest BCUT2D eigenvalue weighted by Gasteiger charge is -2.28. The largest absolute Gasteiger partial charge is 0.427 e. The van der Waals surface area contributed by atoms with Crippen molar-refractivity contribution in [3.63, 3.8) is 0 Å². The lowest BCUT2D eigenvalue weighted by atomic mass is 10.1. The van der Waals surface area contributed by atoms with E-state index in [1.807, 2.05) is 12.1 Å². The van der Waals surface area contributed by atoms with Crippen LogP contribution in [-0.4, -0.2) is 34.6 Å². The van der Waals surface area contributed by atoms with Crippen molar-refractivity contribution in [2.75, 3.05) is 4.90 Å². The number of nitrogens with zero attached hydrogens (tertiary/aromatic N) is 2. The van der Waals surface area contributed by atoms with Crippen molar-refractivity contribution in [2.45, 2.75) is 38.8 Å². The molecular weight excluding hydrogens is 420 g/mol. The van der Waals surface area contributed by atoms with Crippen LogP contribution in [0.25, 0.3) is 0 Å². The van der Waals surface area contributed by atoms with E-state index in [0.717, 1.165) is 23.3 Å². The van der Waals surface area contributed by atoms with Gasteiger partial charge in [0.1, 0.15) is 11.8 Å². The number of imide groups is 1. The maximum atomic E-state index is 13.2. The van der Waals surface area contributed by atoms with Gasteiger partial charge in [0.25, 0.3) is 5.91 Å². The molecule has 0 N–H and O–H groups in total. The maximum Gasteiger partial charge on any atom is 0.308 e. The summed E-state index contributed by atoms with van der Waals surface area (Å²) in [4.78, 5) is 52.6. The molecule has 1 aliphatic carbocycles. The molecule has 3 amide bonds. The lowest BCUT2D eigenvalue weighted by molar-refractivity contribution is -0.140. The van der Waals surface area contributed by atoms with Crippen LogP contribution in [0.15, 0.2) is 48.5 Å². The molecule has 31 heavy (non-hydrogen) atoms. The van der Waals surface area contributed by atoms with Crippen molar-refractivity contribution in [3.05, 3.63) is 59.1 Å². The first-order valence-electron chi connectivity index (χ1n) is 10.0. The Morgan fingerprint density at radius 2 is 1.77 bits per heavy atom. The number of anilines is 1. The Bertz CT molecular complexity index is 1050. The van der Waals surface area contributed by atoms with Crippen molar-refractivity contribution in [1.82, 2.24) is 4.90 Å². The van der Waals surface area contributed by atoms with Crippen LogP contribution in [0.5, 0.6) is 5.75 Å². The molecule has 1 unspecified atom stereocenters. The second kappa shape index (κ2) is 8.51. The Balaban J connectivity index is 1.59. The summed E-state index contributed by atoms with van der Waals surface area (Å²) in [5.41, 5.74) is 1.09. The second-order valence-electron chi connectivity index (χ2n) is 7.71. The molecule has 2 aromatic carbocycles. The highest BCUT2D eigenvalue weighted by Crippen LogP contribution is 2.35. The fourth-order valence-corrected chi connectivity index (χ4v) is 3.87. The summed E-state index contributed by atoms with van der Waals surface area (Å²) in [6, 6.07) is 12.4. The smallest absolute Gasteiger partial charge is 0.308 e. The molecule has 2 fully saturated rings. The number of hydrogen-bond acceptors (Lipinski definition) is 5. The summed E-state index contributed by atoms with van der Waals surface area (Å²) in [5.74, 6) is -1.22. The summed E-state index contributed by atoms with van der Waals surface area (Å²) in [6.07, 6.45) is 1.48. The Morgan fingerprint density at radius 3 is 2.39 bits per heavy atom. The van der Waals surface area contributed by atoms with Gasteiger partial charge in [-0.2, -0.15) is 0 Å². The SMILES string of the molecule is CC(=O)Oc1ccc(N2C(=O)CC(N(Cc3ccccc3Cl)C(=O)C3CC3)C2=O)cc1. The average molecular weight is 441 g/mol. The van der Waals surface area contributed by atoms with Gasteiger partial charge >= 0.3 is 5.97 Å². The third kappa shape index (κ3) is 4.46.